The molecule has 4 aliphatic heterocycles. The van der Waals surface area contributed by atoms with Crippen molar-refractivity contribution in [3.8, 4) is 0 Å². The zero-order valence-electron chi connectivity index (χ0n) is 76.2. The molecule has 130 heavy (non-hydrogen) atoms. The maximum Gasteiger partial charge on any atom is 0.411 e. The number of carbonyl (C=O) groups excluding carboxylic acids is 9. The number of amides is 9. The number of piperidine rings is 4. The largest absolute Gasteiger partial charge is 0.445 e. The smallest absolute Gasteiger partial charge is 0.411 e. The first-order valence-electron chi connectivity index (χ1n) is 43.8. The third-order valence-electron chi connectivity index (χ3n) is 19.2. The molecule has 6 aromatic rings. The number of rotatable bonds is 40. The van der Waals surface area contributed by atoms with Crippen LogP contribution < -0.4 is 75.7 Å². The van der Waals surface area contributed by atoms with Crippen molar-refractivity contribution < 1.29 is 106 Å². The Morgan fingerprint density at radius 3 is 0.900 bits per heavy atom. The highest BCUT2D eigenvalue weighted by Crippen LogP contribution is 2.23. The summed E-state index contributed by atoms with van der Waals surface area (Å²) in [7, 11) is 1.90. The molecule has 0 bridgehead atoms. The first-order valence-corrected chi connectivity index (χ1v) is 43.8. The van der Waals surface area contributed by atoms with Crippen molar-refractivity contribution in [1.29, 1.82) is 0 Å². The predicted molar refractivity (Wildman–Crippen MR) is 480 cm³/mol. The molecule has 14 N–H and O–H groups in total. The van der Waals surface area contributed by atoms with Crippen LogP contribution in [0, 0.1) is 0 Å². The van der Waals surface area contributed by atoms with Gasteiger partial charge in [0.15, 0.2) is 0 Å². The van der Waals surface area contributed by atoms with E-state index in [1.165, 1.54) is 4.90 Å². The van der Waals surface area contributed by atoms with E-state index >= 15 is 0 Å². The summed E-state index contributed by atoms with van der Waals surface area (Å²) in [6.07, 6.45) is 2.65. The molecule has 0 unspecified atom stereocenters. The van der Waals surface area contributed by atoms with Crippen molar-refractivity contribution in [2.24, 2.45) is 0 Å². The molecule has 8 atom stereocenters. The second-order valence-electron chi connectivity index (χ2n) is 33.8. The van der Waals surface area contributed by atoms with E-state index in [-0.39, 0.29) is 132 Å². The van der Waals surface area contributed by atoms with Gasteiger partial charge in [-0.1, -0.05) is 182 Å². The van der Waals surface area contributed by atoms with Gasteiger partial charge < -0.3 is 55.6 Å². The standard InChI is InChI=1S/C28H38N4O7.C23H30N4O5.C21H34N4O5.C20H32N4O5/c1-28(2,3)39-27(35)32-18-23(30-38-20-22-12-8-5-9-13-22)14-15-24(32)25(33)31-37-17-16-29-26(34)36-19-21-10-6-4-7-11-21;28-22(27-31-14-13-24-23(29)30-16-18-7-3-1-4-8-18)21-12-11-20(15-25-21)26-32-17-19-9-5-2-6-10-19;1-21(2,3)30-20(27)22-12-13-28-24-19(26)18-11-10-17(14-25(18)4)23-29-15-16-8-6-5-7-9-16;1-20(2,3)29-19(26)21-11-12-27-24-18(25)17-10-9-16(13-22-17)23-28-14-15-7-5-4-6-8-15/h4-13,23-24,30H,14-20H2,1-3H3,(H,29,34)(H,31,33);1-10,20-21,25-26H,11-17H2,(H,24,29)(H,27,28);5-9,17-18,23H,10-15H2,1-4H3,(H,22,27)(H,24,26);4-8,16-17,22-23H,9-14H2,1-3H3,(H,21,26)(H,24,25)/t23-,24+;20-,21+;17-,18+;16-,17+/m1111/s1. The molecule has 4 fully saturated rings. The summed E-state index contributed by atoms with van der Waals surface area (Å²) < 4.78 is 26.0. The number of carbonyl (C=O) groups is 9. The summed E-state index contributed by atoms with van der Waals surface area (Å²) in [6.45, 7) is 21.6. The molecule has 0 aromatic heterocycles. The Bertz CT molecular complexity index is 4210. The average molecular weight is 1820 g/mol. The Morgan fingerprint density at radius 1 is 0.315 bits per heavy atom. The first kappa shape index (κ1) is 106. The van der Waals surface area contributed by atoms with Gasteiger partial charge in [-0.05, 0) is 154 Å². The maximum absolute atomic E-state index is 12.9. The van der Waals surface area contributed by atoms with E-state index in [4.69, 9.17) is 62.4 Å². The average Bonchev–Trinajstić information content (AvgIpc) is 0.815. The van der Waals surface area contributed by atoms with Gasteiger partial charge in [0.25, 0.3) is 23.6 Å². The Hall–Kier alpha value is -11.1. The normalized spacial score (nSPS) is 18.5. The van der Waals surface area contributed by atoms with Crippen LogP contribution in [0.25, 0.3) is 0 Å². The van der Waals surface area contributed by atoms with Crippen molar-refractivity contribution >= 4 is 54.1 Å². The highest BCUT2D eigenvalue weighted by atomic mass is 16.7. The number of likely N-dealkylation sites (N-methyl/N-ethyl adjacent to an activating group) is 1. The molecule has 38 heteroatoms. The number of hydroxylamine groups is 8. The Kier molecular flexibility index (Phi) is 48.3. The summed E-state index contributed by atoms with van der Waals surface area (Å²) in [5.74, 6) is -1.14. The van der Waals surface area contributed by atoms with Crippen LogP contribution in [-0.4, -0.2) is 215 Å². The maximum atomic E-state index is 12.9. The van der Waals surface area contributed by atoms with Crippen molar-refractivity contribution in [3.05, 3.63) is 215 Å². The molecule has 0 spiro atoms. The fraction of sp³-hybridized carbons (Fsp3) is 0.511. The lowest BCUT2D eigenvalue weighted by molar-refractivity contribution is -0.141. The lowest BCUT2D eigenvalue weighted by Gasteiger charge is -2.39. The van der Waals surface area contributed by atoms with Gasteiger partial charge in [-0.2, -0.15) is 21.9 Å². The Morgan fingerprint density at radius 2 is 0.592 bits per heavy atom. The van der Waals surface area contributed by atoms with Gasteiger partial charge in [0.05, 0.1) is 77.0 Å². The molecule has 4 aliphatic rings. The van der Waals surface area contributed by atoms with Crippen molar-refractivity contribution in [1.82, 2.24) is 85.5 Å². The van der Waals surface area contributed by atoms with Gasteiger partial charge in [0, 0.05) is 70.5 Å². The second-order valence-corrected chi connectivity index (χ2v) is 33.8. The highest BCUT2D eigenvalue weighted by Gasteiger charge is 2.39. The fourth-order valence-electron chi connectivity index (χ4n) is 12.8. The number of alkyl carbamates (subject to hydrolysis) is 4. The molecule has 4 heterocycles. The van der Waals surface area contributed by atoms with E-state index in [2.05, 4.69) is 75.7 Å². The summed E-state index contributed by atoms with van der Waals surface area (Å²) in [5, 5.41) is 16.6. The number of nitrogens with zero attached hydrogens (tertiary/aromatic N) is 2. The fourth-order valence-corrected chi connectivity index (χ4v) is 12.8. The molecule has 6 aromatic carbocycles. The number of likely N-dealkylation sites (tertiary alicyclic amines) is 2. The van der Waals surface area contributed by atoms with Crippen LogP contribution >= 0.6 is 0 Å². The number of hydrogen-bond acceptors (Lipinski definition) is 29. The van der Waals surface area contributed by atoms with Gasteiger partial charge in [-0.15, -0.1) is 0 Å². The van der Waals surface area contributed by atoms with Gasteiger partial charge >= 0.3 is 30.5 Å². The van der Waals surface area contributed by atoms with E-state index in [0.717, 1.165) is 52.6 Å². The van der Waals surface area contributed by atoms with Crippen LogP contribution in [0.1, 0.15) is 147 Å². The minimum absolute atomic E-state index is 0.0167. The van der Waals surface area contributed by atoms with E-state index in [9.17, 15) is 43.2 Å². The van der Waals surface area contributed by atoms with E-state index in [1.807, 2.05) is 194 Å². The van der Waals surface area contributed by atoms with Crippen LogP contribution in [0.15, 0.2) is 182 Å². The number of ether oxygens (including phenoxy) is 5. The van der Waals surface area contributed by atoms with Crippen LogP contribution in [-0.2, 0) is 121 Å². The molecular formula is C92H134N16O22. The van der Waals surface area contributed by atoms with E-state index in [1.54, 1.807) is 62.3 Å². The second kappa shape index (κ2) is 59.3. The molecule has 0 aliphatic carbocycles. The molecular weight excluding hydrogens is 1680 g/mol. The summed E-state index contributed by atoms with van der Waals surface area (Å²) >= 11 is 0. The first-order chi connectivity index (χ1) is 62.5. The zero-order chi connectivity index (χ0) is 93.6. The molecule has 4 saturated heterocycles. The third-order valence-corrected chi connectivity index (χ3v) is 19.2. The van der Waals surface area contributed by atoms with Crippen LogP contribution in [0.4, 0.5) is 24.0 Å². The van der Waals surface area contributed by atoms with Gasteiger partial charge in [0.1, 0.15) is 36.1 Å². The molecule has 38 nitrogen and oxygen atoms in total. The number of benzene rings is 6. The van der Waals surface area contributed by atoms with Crippen LogP contribution in [0.3, 0.4) is 0 Å². The lowest BCUT2D eigenvalue weighted by Crippen LogP contribution is -2.58. The van der Waals surface area contributed by atoms with Gasteiger partial charge in [-0.3, -0.25) is 67.7 Å². The molecule has 0 radical (unpaired) electrons. The zero-order valence-corrected chi connectivity index (χ0v) is 76.2. The molecule has 10 rings (SSSR count). The quantitative estimate of drug-likeness (QED) is 0.00975. The summed E-state index contributed by atoms with van der Waals surface area (Å²) in [6, 6.07) is 56.8. The third kappa shape index (κ3) is 46.5. The lowest BCUT2D eigenvalue weighted by atomic mass is 9.98. The molecule has 9 amide bonds. The van der Waals surface area contributed by atoms with Crippen LogP contribution in [0.2, 0.25) is 0 Å². The summed E-state index contributed by atoms with van der Waals surface area (Å²) in [5.41, 5.74) is 26.1. The number of hydrogen-bond donors (Lipinski definition) is 14. The van der Waals surface area contributed by atoms with Crippen molar-refractivity contribution in [3.63, 3.8) is 0 Å². The monoisotopic (exact) mass is 1810 g/mol. The summed E-state index contributed by atoms with van der Waals surface area (Å²) in [4.78, 5) is 155. The molecule has 0 saturated carbocycles. The topological polar surface area (TPSA) is 449 Å². The van der Waals surface area contributed by atoms with Crippen LogP contribution in [0.5, 0.6) is 0 Å². The van der Waals surface area contributed by atoms with E-state index in [0.29, 0.717) is 78.2 Å². The van der Waals surface area contributed by atoms with Crippen molar-refractivity contribution in [2.45, 2.75) is 218 Å². The van der Waals surface area contributed by atoms with Gasteiger partial charge in [-0.25, -0.2) is 45.9 Å². The Balaban J connectivity index is 0.000000239. The van der Waals surface area contributed by atoms with Crippen molar-refractivity contribution in [2.75, 3.05) is 85.8 Å². The molecule has 714 valence electrons. The minimum atomic E-state index is -0.782. The van der Waals surface area contributed by atoms with E-state index < -0.39 is 59.2 Å². The predicted octanol–water partition coefficient (Wildman–Crippen LogP) is 8.40. The van der Waals surface area contributed by atoms with Gasteiger partial charge in [0.2, 0.25) is 0 Å². The number of nitrogens with one attached hydrogen (secondary N) is 14. The SMILES string of the molecule is CC(C)(C)OC(=O)N1C[C@H](NOCc2ccccc2)CC[C@H]1C(=O)NOCCNC(=O)OCc1ccccc1.CC(C)(C)OC(=O)NCCONC(=O)[C@@H]1CC[C@@H](NOCc2ccccc2)CN1.CN1C[C@H](NOCc2ccccc2)CC[C@H]1C(=O)NOCCNC(=O)OC(C)(C)C.O=C(NCCONC(=O)[C@@H]1CC[C@@H](NOCc2ccccc2)CN1)OCc1ccccc1. The Labute approximate surface area is 761 Å². The highest BCUT2D eigenvalue weighted by molar-refractivity contribution is 5.85. The minimum Gasteiger partial charge on any atom is -0.445 e.